The zero-order valence-electron chi connectivity index (χ0n) is 7.28. The van der Waals surface area contributed by atoms with Crippen LogP contribution in [0.2, 0.25) is 0 Å². The van der Waals surface area contributed by atoms with Crippen molar-refractivity contribution in [3.63, 3.8) is 0 Å². The van der Waals surface area contributed by atoms with E-state index >= 15 is 0 Å². The molecular formula is C8H7BrN2O3. The van der Waals surface area contributed by atoms with E-state index in [0.29, 0.717) is 4.47 Å². The van der Waals surface area contributed by atoms with Crippen molar-refractivity contribution in [3.05, 3.63) is 32.3 Å². The monoisotopic (exact) mass is 258 g/mol. The highest BCUT2D eigenvalue weighted by Gasteiger charge is 2.15. The number of nitrogens with two attached hydrogens (primary N) is 1. The van der Waals surface area contributed by atoms with Gasteiger partial charge in [0.15, 0.2) is 5.78 Å². The Balaban J connectivity index is 3.43. The summed E-state index contributed by atoms with van der Waals surface area (Å²) in [4.78, 5) is 21.0. The second-order valence-corrected chi connectivity index (χ2v) is 3.50. The Labute approximate surface area is 88.2 Å². The molecule has 0 bridgehead atoms. The molecular weight excluding hydrogens is 252 g/mol. The van der Waals surface area contributed by atoms with Crippen molar-refractivity contribution in [3.8, 4) is 0 Å². The molecule has 1 aromatic carbocycles. The maximum Gasteiger partial charge on any atom is 0.272 e. The quantitative estimate of drug-likeness (QED) is 0.381. The number of hydrogen-bond acceptors (Lipinski definition) is 4. The molecule has 0 heterocycles. The number of nitrogens with zero attached hydrogens (tertiary/aromatic N) is 1. The highest BCUT2D eigenvalue weighted by atomic mass is 79.9. The van der Waals surface area contributed by atoms with Gasteiger partial charge in [-0.1, -0.05) is 0 Å². The summed E-state index contributed by atoms with van der Waals surface area (Å²) in [7, 11) is 0. The molecule has 0 aliphatic heterocycles. The van der Waals surface area contributed by atoms with Gasteiger partial charge in [0.25, 0.3) is 5.69 Å². The number of Topliss-reactive ketones (excluding diaryl/α,β-unsaturated/α-hetero) is 1. The van der Waals surface area contributed by atoms with E-state index in [1.165, 1.54) is 19.1 Å². The largest absolute Gasteiger partial charge is 0.398 e. The van der Waals surface area contributed by atoms with Gasteiger partial charge in [-0.15, -0.1) is 0 Å². The molecule has 6 heteroatoms. The molecule has 0 amide bonds. The fourth-order valence-electron chi connectivity index (χ4n) is 0.993. The topological polar surface area (TPSA) is 86.2 Å². The van der Waals surface area contributed by atoms with Crippen molar-refractivity contribution in [1.82, 2.24) is 0 Å². The molecule has 14 heavy (non-hydrogen) atoms. The third-order valence-electron chi connectivity index (χ3n) is 1.68. The lowest BCUT2D eigenvalue weighted by molar-refractivity contribution is -0.384. The number of benzene rings is 1. The van der Waals surface area contributed by atoms with E-state index in [2.05, 4.69) is 15.9 Å². The first kappa shape index (κ1) is 10.6. The zero-order chi connectivity index (χ0) is 10.9. The van der Waals surface area contributed by atoms with Gasteiger partial charge in [-0.05, 0) is 22.9 Å². The van der Waals surface area contributed by atoms with Crippen LogP contribution in [0, 0.1) is 10.1 Å². The molecule has 0 fully saturated rings. The summed E-state index contributed by atoms with van der Waals surface area (Å²) in [6.07, 6.45) is 0. The van der Waals surface area contributed by atoms with Crippen LogP contribution in [0.4, 0.5) is 11.4 Å². The maximum atomic E-state index is 11.1. The lowest BCUT2D eigenvalue weighted by Crippen LogP contribution is -2.00. The Morgan fingerprint density at radius 1 is 1.57 bits per heavy atom. The Morgan fingerprint density at radius 2 is 2.14 bits per heavy atom. The number of carbonyl (C=O) groups is 1. The summed E-state index contributed by atoms with van der Waals surface area (Å²) in [5.41, 5.74) is 5.71. The molecule has 74 valence electrons. The molecule has 1 rings (SSSR count). The van der Waals surface area contributed by atoms with Crippen LogP contribution in [-0.4, -0.2) is 10.7 Å². The predicted octanol–water partition coefficient (Wildman–Crippen LogP) is 2.14. The number of rotatable bonds is 2. The number of ketones is 1. The molecule has 5 nitrogen and oxygen atoms in total. The third-order valence-corrected chi connectivity index (χ3v) is 2.56. The van der Waals surface area contributed by atoms with Crippen molar-refractivity contribution >= 4 is 33.1 Å². The van der Waals surface area contributed by atoms with E-state index in [1.54, 1.807) is 0 Å². The van der Waals surface area contributed by atoms with Gasteiger partial charge in [0.05, 0.1) is 15.1 Å². The SMILES string of the molecule is CC(=O)c1cc([N+](=O)[O-])cc(N)c1Br. The molecule has 0 saturated carbocycles. The number of nitrogen functional groups attached to an aromatic ring is 1. The number of anilines is 1. The average molecular weight is 259 g/mol. The number of carbonyl (C=O) groups excluding carboxylic acids is 1. The van der Waals surface area contributed by atoms with E-state index in [4.69, 9.17) is 5.73 Å². The molecule has 0 spiro atoms. The van der Waals surface area contributed by atoms with E-state index in [-0.39, 0.29) is 22.7 Å². The number of nitro groups is 1. The Hall–Kier alpha value is -1.43. The fraction of sp³-hybridized carbons (Fsp3) is 0.125. The lowest BCUT2D eigenvalue weighted by Gasteiger charge is -2.03. The Kier molecular flexibility index (Phi) is 2.85. The Morgan fingerprint density at radius 3 is 2.57 bits per heavy atom. The van der Waals surface area contributed by atoms with Crippen LogP contribution >= 0.6 is 15.9 Å². The van der Waals surface area contributed by atoms with Gasteiger partial charge in [0.2, 0.25) is 0 Å². The summed E-state index contributed by atoms with van der Waals surface area (Å²) >= 11 is 3.10. The van der Waals surface area contributed by atoms with E-state index < -0.39 is 4.92 Å². The second-order valence-electron chi connectivity index (χ2n) is 2.71. The van der Waals surface area contributed by atoms with Crippen molar-refractivity contribution in [2.75, 3.05) is 5.73 Å². The third kappa shape index (κ3) is 1.90. The van der Waals surface area contributed by atoms with Crippen LogP contribution in [-0.2, 0) is 0 Å². The number of halogens is 1. The summed E-state index contributed by atoms with van der Waals surface area (Å²) in [5.74, 6) is -0.271. The normalized spacial score (nSPS) is 9.86. The first-order valence-electron chi connectivity index (χ1n) is 3.68. The van der Waals surface area contributed by atoms with Crippen molar-refractivity contribution < 1.29 is 9.72 Å². The summed E-state index contributed by atoms with van der Waals surface area (Å²) in [6, 6.07) is 2.40. The van der Waals surface area contributed by atoms with Gasteiger partial charge in [-0.25, -0.2) is 0 Å². The van der Waals surface area contributed by atoms with Crippen LogP contribution in [0.1, 0.15) is 17.3 Å². The lowest BCUT2D eigenvalue weighted by atomic mass is 10.1. The summed E-state index contributed by atoms with van der Waals surface area (Å²) < 4.78 is 0.399. The molecule has 0 unspecified atom stereocenters. The molecule has 0 radical (unpaired) electrons. The van der Waals surface area contributed by atoms with Gasteiger partial charge in [0, 0.05) is 17.7 Å². The van der Waals surface area contributed by atoms with Gasteiger partial charge >= 0.3 is 0 Å². The minimum atomic E-state index is -0.588. The zero-order valence-corrected chi connectivity index (χ0v) is 8.87. The predicted molar refractivity (Wildman–Crippen MR) is 55.2 cm³/mol. The first-order chi connectivity index (χ1) is 6.43. The highest BCUT2D eigenvalue weighted by Crippen LogP contribution is 2.29. The van der Waals surface area contributed by atoms with Crippen LogP contribution in [0.15, 0.2) is 16.6 Å². The summed E-state index contributed by atoms with van der Waals surface area (Å²) in [6.45, 7) is 1.32. The van der Waals surface area contributed by atoms with Gasteiger partial charge in [-0.3, -0.25) is 14.9 Å². The number of nitro benzene ring substituents is 1. The minimum absolute atomic E-state index is 0.184. The minimum Gasteiger partial charge on any atom is -0.398 e. The molecule has 0 aliphatic carbocycles. The van der Waals surface area contributed by atoms with Crippen molar-refractivity contribution in [2.24, 2.45) is 0 Å². The summed E-state index contributed by atoms with van der Waals surface area (Å²) in [5, 5.41) is 10.5. The van der Waals surface area contributed by atoms with E-state index in [0.717, 1.165) is 0 Å². The first-order valence-corrected chi connectivity index (χ1v) is 4.47. The Bertz CT molecular complexity index is 417. The standard InChI is InChI=1S/C8H7BrN2O3/c1-4(12)6-2-5(11(13)14)3-7(10)8(6)9/h2-3H,10H2,1H3. The van der Waals surface area contributed by atoms with Gasteiger partial charge in [-0.2, -0.15) is 0 Å². The molecule has 2 N–H and O–H groups in total. The van der Waals surface area contributed by atoms with E-state index in [1.807, 2.05) is 0 Å². The molecule has 0 aromatic heterocycles. The van der Waals surface area contributed by atoms with E-state index in [9.17, 15) is 14.9 Å². The van der Waals surface area contributed by atoms with Crippen LogP contribution in [0.5, 0.6) is 0 Å². The molecule has 1 aromatic rings. The number of non-ortho nitro benzene ring substituents is 1. The molecule has 0 saturated heterocycles. The maximum absolute atomic E-state index is 11.1. The van der Waals surface area contributed by atoms with Crippen molar-refractivity contribution in [2.45, 2.75) is 6.92 Å². The second kappa shape index (κ2) is 3.75. The average Bonchev–Trinajstić information content (AvgIpc) is 2.08. The van der Waals surface area contributed by atoms with Crippen LogP contribution in [0.3, 0.4) is 0 Å². The van der Waals surface area contributed by atoms with Crippen LogP contribution < -0.4 is 5.73 Å². The number of hydrogen-bond donors (Lipinski definition) is 1. The van der Waals surface area contributed by atoms with Crippen LogP contribution in [0.25, 0.3) is 0 Å². The highest BCUT2D eigenvalue weighted by molar-refractivity contribution is 9.10. The molecule has 0 atom stereocenters. The molecule has 0 aliphatic rings. The smallest absolute Gasteiger partial charge is 0.272 e. The van der Waals surface area contributed by atoms with Gasteiger partial charge < -0.3 is 5.73 Å². The fourth-order valence-corrected chi connectivity index (χ4v) is 1.50. The van der Waals surface area contributed by atoms with Gasteiger partial charge in [0.1, 0.15) is 0 Å². The van der Waals surface area contributed by atoms with Crippen molar-refractivity contribution in [1.29, 1.82) is 0 Å².